The average molecular weight is 528 g/mol. The molecule has 1 unspecified atom stereocenters. The molecule has 11 nitrogen and oxygen atoms in total. The van der Waals surface area contributed by atoms with Crippen LogP contribution in [0.3, 0.4) is 0 Å². The maximum Gasteiger partial charge on any atom is 0.411 e. The number of esters is 1. The number of halogens is 1. The number of nitrogens with one attached hydrogen (secondary N) is 1. The van der Waals surface area contributed by atoms with Gasteiger partial charge >= 0.3 is 12.1 Å². The maximum atomic E-state index is 12.6. The average Bonchev–Trinajstić information content (AvgIpc) is 3.44. The quantitative estimate of drug-likeness (QED) is 0.259. The normalized spacial score (nSPS) is 23.8. The minimum atomic E-state index is -1.31. The second-order valence-electron chi connectivity index (χ2n) is 8.96. The number of benzene rings is 1. The second kappa shape index (κ2) is 10.8. The van der Waals surface area contributed by atoms with Crippen LogP contribution in [0.2, 0.25) is 5.15 Å². The monoisotopic (exact) mass is 527 g/mol. The molecule has 1 saturated heterocycles. The van der Waals surface area contributed by atoms with Crippen LogP contribution in [0.4, 0.5) is 10.7 Å². The third kappa shape index (κ3) is 5.43. The number of rotatable bonds is 7. The number of amides is 1. The maximum absolute atomic E-state index is 12.6. The molecule has 1 aliphatic heterocycles. The first kappa shape index (κ1) is 25.1. The van der Waals surface area contributed by atoms with Gasteiger partial charge in [-0.1, -0.05) is 36.4 Å². The van der Waals surface area contributed by atoms with Crippen LogP contribution in [0, 0.1) is 5.92 Å². The van der Waals surface area contributed by atoms with Gasteiger partial charge in [0.05, 0.1) is 24.0 Å². The van der Waals surface area contributed by atoms with Gasteiger partial charge in [0.1, 0.15) is 12.1 Å². The van der Waals surface area contributed by atoms with E-state index in [0.29, 0.717) is 29.8 Å². The molecule has 2 aliphatic rings. The number of aromatic nitrogens is 4. The summed E-state index contributed by atoms with van der Waals surface area (Å²) in [7, 11) is 0. The molecule has 0 spiro atoms. The fourth-order valence-electron chi connectivity index (χ4n) is 4.78. The number of hydrogen-bond donors (Lipinski definition) is 2. The van der Waals surface area contributed by atoms with Crippen LogP contribution in [0.25, 0.3) is 11.2 Å². The Labute approximate surface area is 217 Å². The molecule has 0 bridgehead atoms. The Morgan fingerprint density at radius 2 is 2.05 bits per heavy atom. The van der Waals surface area contributed by atoms with Gasteiger partial charge in [-0.05, 0) is 43.4 Å². The van der Waals surface area contributed by atoms with Gasteiger partial charge in [-0.2, -0.15) is 9.97 Å². The third-order valence-corrected chi connectivity index (χ3v) is 6.87. The minimum absolute atomic E-state index is 0.0212. The molecular weight excluding hydrogens is 502 g/mol. The fraction of sp³-hybridized carbons (Fsp3) is 0.400. The van der Waals surface area contributed by atoms with E-state index in [4.69, 9.17) is 30.9 Å². The molecule has 12 heteroatoms. The van der Waals surface area contributed by atoms with Crippen molar-refractivity contribution in [2.24, 2.45) is 5.92 Å². The van der Waals surface area contributed by atoms with E-state index < -0.39 is 12.1 Å². The van der Waals surface area contributed by atoms with Gasteiger partial charge in [-0.3, -0.25) is 5.32 Å². The van der Waals surface area contributed by atoms with Crippen molar-refractivity contribution in [2.45, 2.75) is 44.1 Å². The molecule has 0 radical (unpaired) electrons. The zero-order valence-corrected chi connectivity index (χ0v) is 20.6. The number of carbonyl (C=O) groups is 2. The molecule has 2 N–H and O–H groups in total. The van der Waals surface area contributed by atoms with Crippen molar-refractivity contribution in [3.8, 4) is 0 Å². The molecule has 2 aromatic heterocycles. The number of ether oxygens (including phenoxy) is 3. The Hall–Kier alpha value is -3.54. The molecular formula is C25H26ClN5O6. The zero-order valence-electron chi connectivity index (χ0n) is 19.9. The summed E-state index contributed by atoms with van der Waals surface area (Å²) in [4.78, 5) is 36.3. The van der Waals surface area contributed by atoms with Crippen molar-refractivity contribution in [3.05, 3.63) is 59.5 Å². The summed E-state index contributed by atoms with van der Waals surface area (Å²) in [5.74, 6) is -0.900. The number of carbonyl (C=O) groups excluding carboxylic acids is 1. The van der Waals surface area contributed by atoms with E-state index in [0.717, 1.165) is 24.8 Å². The van der Waals surface area contributed by atoms with Gasteiger partial charge in [-0.25, -0.2) is 14.6 Å². The number of nitrogens with zero attached hydrogens (tertiary/aromatic N) is 4. The first-order valence-corrected chi connectivity index (χ1v) is 12.4. The second-order valence-corrected chi connectivity index (χ2v) is 9.32. The Balaban J connectivity index is 1.41. The van der Waals surface area contributed by atoms with E-state index in [1.54, 1.807) is 35.2 Å². The van der Waals surface area contributed by atoms with Gasteiger partial charge in [-0.15, -0.1) is 0 Å². The Bertz CT molecular complexity index is 1310. The lowest BCUT2D eigenvalue weighted by Crippen LogP contribution is -2.32. The van der Waals surface area contributed by atoms with E-state index in [1.165, 1.54) is 0 Å². The van der Waals surface area contributed by atoms with E-state index in [-0.39, 0.29) is 42.1 Å². The van der Waals surface area contributed by atoms with Gasteiger partial charge < -0.3 is 23.9 Å². The highest BCUT2D eigenvalue weighted by molar-refractivity contribution is 6.33. The lowest BCUT2D eigenvalue weighted by atomic mass is 10.0. The molecule has 37 heavy (non-hydrogen) atoms. The summed E-state index contributed by atoms with van der Waals surface area (Å²) in [6, 6.07) is 8.46. The van der Waals surface area contributed by atoms with Crippen molar-refractivity contribution < 1.29 is 28.9 Å². The summed E-state index contributed by atoms with van der Waals surface area (Å²) in [5, 5.41) is 11.2. The summed E-state index contributed by atoms with van der Waals surface area (Å²) >= 11 is 6.25. The highest BCUT2D eigenvalue weighted by Crippen LogP contribution is 2.43. The smallest absolute Gasteiger partial charge is 0.411 e. The van der Waals surface area contributed by atoms with Crippen molar-refractivity contribution in [3.63, 3.8) is 0 Å². The Kier molecular flexibility index (Phi) is 7.36. The van der Waals surface area contributed by atoms with Crippen LogP contribution in [0.5, 0.6) is 0 Å². The first-order valence-electron chi connectivity index (χ1n) is 12.0. The van der Waals surface area contributed by atoms with Gasteiger partial charge in [0.2, 0.25) is 5.95 Å². The standard InChI is InChI=1S/C25H26ClN5O6/c1-14-16(12-36-23(32)15-7-3-2-4-8-15)18(37-19-9-5-6-10-35-19)11-17(14)31-13-27-20-21(26)28-24(29-22(20)31)30-25(33)34/h2-4,7-8,13,16-19H,1,5-6,9-12H2,(H,33,34)(H,28,29,30)/t16-,17-,18-,19?/m0/s1. The van der Waals surface area contributed by atoms with Crippen LogP contribution >= 0.6 is 11.6 Å². The van der Waals surface area contributed by atoms with Crippen LogP contribution < -0.4 is 5.32 Å². The van der Waals surface area contributed by atoms with E-state index >= 15 is 0 Å². The van der Waals surface area contributed by atoms with Crippen LogP contribution in [-0.4, -0.2) is 62.3 Å². The topological polar surface area (TPSA) is 138 Å². The minimum Gasteiger partial charge on any atom is -0.465 e. The highest BCUT2D eigenvalue weighted by atomic mass is 35.5. The number of carboxylic acid groups (broad SMARTS) is 1. The zero-order chi connectivity index (χ0) is 25.9. The van der Waals surface area contributed by atoms with E-state index in [9.17, 15) is 9.59 Å². The predicted octanol–water partition coefficient (Wildman–Crippen LogP) is 4.46. The highest BCUT2D eigenvalue weighted by Gasteiger charge is 2.42. The van der Waals surface area contributed by atoms with Gasteiger partial charge in [0.15, 0.2) is 17.1 Å². The number of hydrogen-bond acceptors (Lipinski definition) is 8. The first-order chi connectivity index (χ1) is 17.9. The van der Waals surface area contributed by atoms with Crippen molar-refractivity contribution in [1.29, 1.82) is 0 Å². The molecule has 194 valence electrons. The molecule has 1 aromatic carbocycles. The number of fused-ring (bicyclic) bond motifs is 1. The van der Waals surface area contributed by atoms with E-state index in [2.05, 4.69) is 26.8 Å². The van der Waals surface area contributed by atoms with Crippen molar-refractivity contribution in [1.82, 2.24) is 19.5 Å². The van der Waals surface area contributed by atoms with Gasteiger partial charge in [0, 0.05) is 12.5 Å². The molecule has 1 saturated carbocycles. The van der Waals surface area contributed by atoms with Crippen LogP contribution in [0.1, 0.15) is 42.1 Å². The van der Waals surface area contributed by atoms with Gasteiger partial charge in [0.25, 0.3) is 0 Å². The molecule has 4 atom stereocenters. The summed E-state index contributed by atoms with van der Waals surface area (Å²) in [6.45, 7) is 5.03. The molecule has 3 heterocycles. The molecule has 1 aliphatic carbocycles. The summed E-state index contributed by atoms with van der Waals surface area (Å²) < 4.78 is 19.6. The molecule has 1 amide bonds. The number of anilines is 1. The Morgan fingerprint density at radius 3 is 2.78 bits per heavy atom. The summed E-state index contributed by atoms with van der Waals surface area (Å²) in [6.07, 6.45) is 2.86. The SMILES string of the molecule is C=C1[C@H](COC(=O)c2ccccc2)[C@@H](OC2CCCCO2)C[C@@H]1n1cnc2c(Cl)nc(NC(=O)O)nc21. The lowest BCUT2D eigenvalue weighted by molar-refractivity contribution is -0.195. The van der Waals surface area contributed by atoms with Crippen molar-refractivity contribution >= 4 is 40.8 Å². The van der Waals surface area contributed by atoms with Crippen LogP contribution in [0.15, 0.2) is 48.8 Å². The fourth-order valence-corrected chi connectivity index (χ4v) is 4.99. The molecule has 2 fully saturated rings. The summed E-state index contributed by atoms with van der Waals surface area (Å²) in [5.41, 5.74) is 1.91. The Morgan fingerprint density at radius 1 is 1.24 bits per heavy atom. The number of imidazole rings is 1. The molecule has 3 aromatic rings. The van der Waals surface area contributed by atoms with Crippen LogP contribution in [-0.2, 0) is 14.2 Å². The molecule has 5 rings (SSSR count). The third-order valence-electron chi connectivity index (χ3n) is 6.61. The largest absolute Gasteiger partial charge is 0.465 e. The predicted molar refractivity (Wildman–Crippen MR) is 133 cm³/mol. The van der Waals surface area contributed by atoms with E-state index in [1.807, 2.05) is 6.07 Å². The van der Waals surface area contributed by atoms with Crippen molar-refractivity contribution in [2.75, 3.05) is 18.5 Å². The lowest BCUT2D eigenvalue weighted by Gasteiger charge is -2.28.